The highest BCUT2D eigenvalue weighted by Crippen LogP contribution is 2.38. The van der Waals surface area contributed by atoms with Gasteiger partial charge >= 0.3 is 0 Å². The fourth-order valence-electron chi connectivity index (χ4n) is 2.80. The fraction of sp³-hybridized carbons (Fsp3) is 0.562. The van der Waals surface area contributed by atoms with E-state index in [1.54, 1.807) is 0 Å². The van der Waals surface area contributed by atoms with E-state index in [0.717, 1.165) is 37.2 Å². The van der Waals surface area contributed by atoms with Crippen molar-refractivity contribution in [2.45, 2.75) is 39.2 Å². The van der Waals surface area contributed by atoms with Crippen LogP contribution in [0.4, 0.5) is 0 Å². The molecule has 1 aromatic rings. The number of benzene rings is 1. The minimum atomic E-state index is -0.332. The molecule has 3 heteroatoms. The summed E-state index contributed by atoms with van der Waals surface area (Å²) in [6.07, 6.45) is 4.06. The summed E-state index contributed by atoms with van der Waals surface area (Å²) in [7, 11) is 0. The minimum absolute atomic E-state index is 0.130. The number of hydrogen-bond donors (Lipinski definition) is 2. The largest absolute Gasteiger partial charge is 0.352 e. The summed E-state index contributed by atoms with van der Waals surface area (Å²) in [5.41, 5.74) is 6.69. The molecule has 0 saturated heterocycles. The molecule has 0 radical (unpaired) electrons. The van der Waals surface area contributed by atoms with E-state index in [-0.39, 0.29) is 11.3 Å². The molecule has 0 aromatic heterocycles. The Bertz CT molecular complexity index is 408. The first-order valence-electron chi connectivity index (χ1n) is 7.18. The molecule has 0 unspecified atom stereocenters. The predicted molar refractivity (Wildman–Crippen MR) is 77.4 cm³/mol. The second-order valence-corrected chi connectivity index (χ2v) is 5.84. The Hall–Kier alpha value is -1.35. The van der Waals surface area contributed by atoms with Crippen molar-refractivity contribution in [3.63, 3.8) is 0 Å². The zero-order valence-corrected chi connectivity index (χ0v) is 11.7. The molecule has 1 fully saturated rings. The molecule has 1 aliphatic rings. The molecule has 0 aliphatic heterocycles. The van der Waals surface area contributed by atoms with Gasteiger partial charge in [-0.2, -0.15) is 0 Å². The van der Waals surface area contributed by atoms with Crippen LogP contribution in [0.2, 0.25) is 0 Å². The van der Waals surface area contributed by atoms with E-state index < -0.39 is 0 Å². The van der Waals surface area contributed by atoms with E-state index >= 15 is 0 Å². The average molecular weight is 260 g/mol. The molecule has 0 bridgehead atoms. The first-order chi connectivity index (χ1) is 9.16. The van der Waals surface area contributed by atoms with Crippen LogP contribution in [-0.2, 0) is 11.3 Å². The smallest absolute Gasteiger partial charge is 0.227 e. The second-order valence-electron chi connectivity index (χ2n) is 5.84. The lowest BCUT2D eigenvalue weighted by Gasteiger charge is -2.37. The normalized spacial score (nSPS) is 26.9. The van der Waals surface area contributed by atoms with Crippen LogP contribution in [-0.4, -0.2) is 12.5 Å². The number of rotatable bonds is 4. The molecule has 0 atom stereocenters. The zero-order valence-electron chi connectivity index (χ0n) is 11.7. The quantitative estimate of drug-likeness (QED) is 0.873. The summed E-state index contributed by atoms with van der Waals surface area (Å²) in [5.74, 6) is 0.854. The fourth-order valence-corrected chi connectivity index (χ4v) is 2.80. The molecule has 1 aromatic carbocycles. The lowest BCUT2D eigenvalue weighted by Crippen LogP contribution is -2.47. The molecule has 0 heterocycles. The summed E-state index contributed by atoms with van der Waals surface area (Å²) < 4.78 is 0. The van der Waals surface area contributed by atoms with E-state index in [1.165, 1.54) is 0 Å². The number of nitrogens with two attached hydrogens (primary N) is 1. The lowest BCUT2D eigenvalue weighted by molar-refractivity contribution is -0.133. The molecule has 2 rings (SSSR count). The Kier molecular flexibility index (Phi) is 4.59. The molecule has 1 amide bonds. The zero-order chi connectivity index (χ0) is 13.7. The van der Waals surface area contributed by atoms with Crippen molar-refractivity contribution in [2.24, 2.45) is 17.1 Å². The third-order valence-corrected chi connectivity index (χ3v) is 4.40. The van der Waals surface area contributed by atoms with Gasteiger partial charge in [-0.25, -0.2) is 0 Å². The van der Waals surface area contributed by atoms with E-state index in [9.17, 15) is 4.79 Å². The van der Waals surface area contributed by atoms with Crippen molar-refractivity contribution in [3.05, 3.63) is 35.9 Å². The minimum Gasteiger partial charge on any atom is -0.352 e. The maximum atomic E-state index is 12.4. The van der Waals surface area contributed by atoms with Crippen LogP contribution in [0, 0.1) is 11.3 Å². The molecule has 3 N–H and O–H groups in total. The summed E-state index contributed by atoms with van der Waals surface area (Å²) >= 11 is 0. The van der Waals surface area contributed by atoms with Crippen molar-refractivity contribution in [2.75, 3.05) is 6.54 Å². The Morgan fingerprint density at radius 2 is 1.95 bits per heavy atom. The molecule has 1 saturated carbocycles. The van der Waals surface area contributed by atoms with Gasteiger partial charge < -0.3 is 11.1 Å². The van der Waals surface area contributed by atoms with Crippen molar-refractivity contribution < 1.29 is 4.79 Å². The number of nitrogens with one attached hydrogen (secondary N) is 1. The van der Waals surface area contributed by atoms with Gasteiger partial charge in [0.05, 0.1) is 5.41 Å². The summed E-state index contributed by atoms with van der Waals surface area (Å²) in [5, 5.41) is 3.06. The molecular weight excluding hydrogens is 236 g/mol. The first kappa shape index (κ1) is 14.1. The van der Waals surface area contributed by atoms with Gasteiger partial charge in [0.15, 0.2) is 0 Å². The Morgan fingerprint density at radius 1 is 1.32 bits per heavy atom. The highest BCUT2D eigenvalue weighted by atomic mass is 16.2. The first-order valence-corrected chi connectivity index (χ1v) is 7.18. The van der Waals surface area contributed by atoms with Crippen LogP contribution in [0.15, 0.2) is 30.3 Å². The standard InChI is InChI=1S/C16H24N2O/c1-13-7-9-16(12-17,10-8-13)15(19)18-11-14-5-3-2-4-6-14/h2-6,13H,7-12,17H2,1H3,(H,18,19). The van der Waals surface area contributed by atoms with Crippen LogP contribution in [0.5, 0.6) is 0 Å². The van der Waals surface area contributed by atoms with E-state index in [0.29, 0.717) is 13.1 Å². The molecule has 19 heavy (non-hydrogen) atoms. The highest BCUT2D eigenvalue weighted by molar-refractivity contribution is 5.83. The van der Waals surface area contributed by atoms with Crippen molar-refractivity contribution >= 4 is 5.91 Å². The van der Waals surface area contributed by atoms with Crippen LogP contribution in [0.1, 0.15) is 38.2 Å². The van der Waals surface area contributed by atoms with Crippen molar-refractivity contribution in [1.29, 1.82) is 0 Å². The Balaban J connectivity index is 1.94. The van der Waals surface area contributed by atoms with Gasteiger partial charge in [-0.1, -0.05) is 37.3 Å². The summed E-state index contributed by atoms with van der Waals surface area (Å²) in [4.78, 5) is 12.4. The van der Waals surface area contributed by atoms with E-state index in [4.69, 9.17) is 5.73 Å². The Morgan fingerprint density at radius 3 is 2.53 bits per heavy atom. The number of carbonyl (C=O) groups is 1. The Labute approximate surface area is 115 Å². The molecular formula is C16H24N2O. The summed E-state index contributed by atoms with van der Waals surface area (Å²) in [6.45, 7) is 3.31. The SMILES string of the molecule is CC1CCC(CN)(C(=O)NCc2ccccc2)CC1. The maximum absolute atomic E-state index is 12.4. The van der Waals surface area contributed by atoms with E-state index in [2.05, 4.69) is 12.2 Å². The van der Waals surface area contributed by atoms with Gasteiger partial charge in [-0.15, -0.1) is 0 Å². The lowest BCUT2D eigenvalue weighted by atomic mass is 9.70. The molecule has 1 aliphatic carbocycles. The van der Waals surface area contributed by atoms with Crippen LogP contribution in [0.25, 0.3) is 0 Å². The molecule has 104 valence electrons. The van der Waals surface area contributed by atoms with Gasteiger partial charge in [-0.3, -0.25) is 4.79 Å². The van der Waals surface area contributed by atoms with Crippen molar-refractivity contribution in [3.8, 4) is 0 Å². The number of amides is 1. The van der Waals surface area contributed by atoms with Crippen molar-refractivity contribution in [1.82, 2.24) is 5.32 Å². The van der Waals surface area contributed by atoms with Gasteiger partial charge in [-0.05, 0) is 37.2 Å². The molecule has 0 spiro atoms. The third-order valence-electron chi connectivity index (χ3n) is 4.40. The predicted octanol–water partition coefficient (Wildman–Crippen LogP) is 2.46. The van der Waals surface area contributed by atoms with Gasteiger partial charge in [0, 0.05) is 13.1 Å². The average Bonchev–Trinajstić information content (AvgIpc) is 2.47. The molecule has 3 nitrogen and oxygen atoms in total. The van der Waals surface area contributed by atoms with Gasteiger partial charge in [0.25, 0.3) is 0 Å². The number of hydrogen-bond acceptors (Lipinski definition) is 2. The van der Waals surface area contributed by atoms with Gasteiger partial charge in [0.1, 0.15) is 0 Å². The topological polar surface area (TPSA) is 55.1 Å². The monoisotopic (exact) mass is 260 g/mol. The highest BCUT2D eigenvalue weighted by Gasteiger charge is 2.39. The second kappa shape index (κ2) is 6.20. The van der Waals surface area contributed by atoms with Crippen LogP contribution >= 0.6 is 0 Å². The van der Waals surface area contributed by atoms with Crippen LogP contribution in [0.3, 0.4) is 0 Å². The summed E-state index contributed by atoms with van der Waals surface area (Å²) in [6, 6.07) is 10.0. The van der Waals surface area contributed by atoms with Crippen LogP contribution < -0.4 is 11.1 Å². The maximum Gasteiger partial charge on any atom is 0.227 e. The number of carbonyl (C=O) groups excluding carboxylic acids is 1. The third kappa shape index (κ3) is 3.35. The van der Waals surface area contributed by atoms with E-state index in [1.807, 2.05) is 30.3 Å². The van der Waals surface area contributed by atoms with Gasteiger partial charge in [0.2, 0.25) is 5.91 Å².